The lowest BCUT2D eigenvalue weighted by atomic mass is 10.1. The highest BCUT2D eigenvalue weighted by atomic mass is 16.6. The summed E-state index contributed by atoms with van der Waals surface area (Å²) in [7, 11) is 0. The van der Waals surface area contributed by atoms with Crippen LogP contribution in [0.25, 0.3) is 0 Å². The second-order valence-electron chi connectivity index (χ2n) is 4.35. The maximum Gasteiger partial charge on any atom is 0.519 e. The van der Waals surface area contributed by atoms with Crippen LogP contribution in [0.5, 0.6) is 0 Å². The summed E-state index contributed by atoms with van der Waals surface area (Å²) in [5.41, 5.74) is -1.40. The third-order valence-electron chi connectivity index (χ3n) is 2.32. The molecule has 0 fully saturated rings. The number of hydrogen-bond acceptors (Lipinski definition) is 7. The number of carbonyl (C=O) groups excluding carboxylic acids is 2. The molecule has 0 atom stereocenters. The van der Waals surface area contributed by atoms with Crippen molar-refractivity contribution in [2.24, 2.45) is 0 Å². The molecule has 1 rings (SSSR count). The quantitative estimate of drug-likeness (QED) is 0.745. The SMILES string of the molecule is CCC(=O)OC(C)(C)C(=O)OCc1oc(=O)oc1C. The van der Waals surface area contributed by atoms with Gasteiger partial charge in [0.25, 0.3) is 0 Å². The van der Waals surface area contributed by atoms with Gasteiger partial charge in [-0.25, -0.2) is 9.59 Å². The van der Waals surface area contributed by atoms with Crippen LogP contribution in [0.4, 0.5) is 0 Å². The highest BCUT2D eigenvalue weighted by molar-refractivity contribution is 5.82. The Hall–Kier alpha value is -2.05. The third-order valence-corrected chi connectivity index (χ3v) is 2.32. The molecular formula is C12H16O7. The first-order valence-corrected chi connectivity index (χ1v) is 5.74. The molecule has 0 bridgehead atoms. The van der Waals surface area contributed by atoms with Crippen molar-refractivity contribution in [2.45, 2.75) is 46.3 Å². The van der Waals surface area contributed by atoms with Gasteiger partial charge < -0.3 is 18.3 Å². The normalized spacial score (nSPS) is 11.2. The van der Waals surface area contributed by atoms with E-state index in [0.717, 1.165) is 0 Å². The van der Waals surface area contributed by atoms with Crippen molar-refractivity contribution in [1.29, 1.82) is 0 Å². The predicted octanol–water partition coefficient (Wildman–Crippen LogP) is 1.32. The predicted molar refractivity (Wildman–Crippen MR) is 62.2 cm³/mol. The van der Waals surface area contributed by atoms with Gasteiger partial charge in [-0.2, -0.15) is 0 Å². The summed E-state index contributed by atoms with van der Waals surface area (Å²) in [6.07, 6.45) is 0.159. The van der Waals surface area contributed by atoms with Gasteiger partial charge in [-0.05, 0) is 20.8 Å². The van der Waals surface area contributed by atoms with E-state index in [0.29, 0.717) is 0 Å². The lowest BCUT2D eigenvalue weighted by Crippen LogP contribution is -2.38. The number of esters is 2. The van der Waals surface area contributed by atoms with E-state index in [1.165, 1.54) is 20.8 Å². The molecule has 7 heteroatoms. The minimum atomic E-state index is -1.40. The minimum Gasteiger partial charge on any atom is -0.454 e. The molecule has 0 unspecified atom stereocenters. The topological polar surface area (TPSA) is 96.0 Å². The average Bonchev–Trinajstić information content (AvgIpc) is 2.63. The Labute approximate surface area is 109 Å². The van der Waals surface area contributed by atoms with Gasteiger partial charge in [0.1, 0.15) is 0 Å². The molecule has 0 aliphatic heterocycles. The van der Waals surface area contributed by atoms with Crippen molar-refractivity contribution in [3.05, 3.63) is 22.1 Å². The molecule has 106 valence electrons. The highest BCUT2D eigenvalue weighted by Gasteiger charge is 2.33. The van der Waals surface area contributed by atoms with E-state index in [1.807, 2.05) is 0 Å². The van der Waals surface area contributed by atoms with Gasteiger partial charge in [0, 0.05) is 6.42 Å². The second kappa shape index (κ2) is 5.73. The van der Waals surface area contributed by atoms with Crippen molar-refractivity contribution in [1.82, 2.24) is 0 Å². The minimum absolute atomic E-state index is 0.121. The van der Waals surface area contributed by atoms with Crippen LogP contribution in [0, 0.1) is 6.92 Å². The smallest absolute Gasteiger partial charge is 0.454 e. The van der Waals surface area contributed by atoms with Crippen molar-refractivity contribution >= 4 is 11.9 Å². The molecule has 0 aliphatic carbocycles. The monoisotopic (exact) mass is 272 g/mol. The van der Waals surface area contributed by atoms with E-state index in [-0.39, 0.29) is 24.5 Å². The summed E-state index contributed by atoms with van der Waals surface area (Å²) in [5.74, 6) is -1.75. The van der Waals surface area contributed by atoms with Crippen molar-refractivity contribution in [2.75, 3.05) is 0 Å². The Morgan fingerprint density at radius 1 is 1.26 bits per heavy atom. The van der Waals surface area contributed by atoms with Gasteiger partial charge in [-0.1, -0.05) is 6.92 Å². The van der Waals surface area contributed by atoms with E-state index >= 15 is 0 Å². The molecule has 0 N–H and O–H groups in total. The molecule has 0 radical (unpaired) electrons. The van der Waals surface area contributed by atoms with Crippen LogP contribution >= 0.6 is 0 Å². The Bertz CT molecular complexity index is 520. The van der Waals surface area contributed by atoms with E-state index in [1.54, 1.807) is 6.92 Å². The van der Waals surface area contributed by atoms with Crippen LogP contribution in [0.15, 0.2) is 13.6 Å². The fraction of sp³-hybridized carbons (Fsp3) is 0.583. The van der Waals surface area contributed by atoms with E-state index in [9.17, 15) is 14.4 Å². The molecule has 19 heavy (non-hydrogen) atoms. The Balaban J connectivity index is 2.62. The summed E-state index contributed by atoms with van der Waals surface area (Å²) < 4.78 is 19.2. The van der Waals surface area contributed by atoms with Crippen LogP contribution in [0.1, 0.15) is 38.7 Å². The molecule has 0 saturated carbocycles. The zero-order valence-corrected chi connectivity index (χ0v) is 11.3. The summed E-state index contributed by atoms with van der Waals surface area (Å²) in [6, 6.07) is 0. The standard InChI is InChI=1S/C12H16O7/c1-5-9(13)19-12(3,4)10(14)16-6-8-7(2)17-11(15)18-8/h5-6H2,1-4H3. The van der Waals surface area contributed by atoms with Gasteiger partial charge in [0.2, 0.25) is 5.60 Å². The van der Waals surface area contributed by atoms with Crippen molar-refractivity contribution < 1.29 is 27.9 Å². The van der Waals surface area contributed by atoms with Gasteiger partial charge >= 0.3 is 17.8 Å². The van der Waals surface area contributed by atoms with Crippen LogP contribution in [0.2, 0.25) is 0 Å². The lowest BCUT2D eigenvalue weighted by Gasteiger charge is -2.22. The third kappa shape index (κ3) is 3.97. The number of rotatable bonds is 5. The molecule has 0 amide bonds. The number of ether oxygens (including phenoxy) is 2. The summed E-state index contributed by atoms with van der Waals surface area (Å²) in [4.78, 5) is 33.7. The summed E-state index contributed by atoms with van der Waals surface area (Å²) in [5, 5.41) is 0. The molecule has 1 heterocycles. The highest BCUT2D eigenvalue weighted by Crippen LogP contribution is 2.15. The molecular weight excluding hydrogens is 256 g/mol. The molecule has 0 saturated heterocycles. The second-order valence-corrected chi connectivity index (χ2v) is 4.35. The van der Waals surface area contributed by atoms with E-state index < -0.39 is 23.4 Å². The molecule has 1 aromatic rings. The molecule has 1 aromatic heterocycles. The van der Waals surface area contributed by atoms with Gasteiger partial charge in [-0.3, -0.25) is 4.79 Å². The van der Waals surface area contributed by atoms with Crippen LogP contribution < -0.4 is 5.82 Å². The fourth-order valence-corrected chi connectivity index (χ4v) is 1.21. The van der Waals surface area contributed by atoms with Gasteiger partial charge in [-0.15, -0.1) is 0 Å². The van der Waals surface area contributed by atoms with Gasteiger partial charge in [0.15, 0.2) is 18.1 Å². The Morgan fingerprint density at radius 2 is 1.89 bits per heavy atom. The van der Waals surface area contributed by atoms with Crippen LogP contribution in [-0.2, 0) is 25.7 Å². The van der Waals surface area contributed by atoms with Gasteiger partial charge in [0.05, 0.1) is 0 Å². The maximum atomic E-state index is 11.8. The maximum absolute atomic E-state index is 11.8. The molecule has 7 nitrogen and oxygen atoms in total. The molecule has 0 aliphatic rings. The summed E-state index contributed by atoms with van der Waals surface area (Å²) >= 11 is 0. The van der Waals surface area contributed by atoms with Crippen LogP contribution in [-0.4, -0.2) is 17.5 Å². The first-order chi connectivity index (χ1) is 8.76. The Kier molecular flexibility index (Phi) is 4.52. The zero-order chi connectivity index (χ0) is 14.6. The van der Waals surface area contributed by atoms with E-state index in [2.05, 4.69) is 8.83 Å². The largest absolute Gasteiger partial charge is 0.519 e. The zero-order valence-electron chi connectivity index (χ0n) is 11.3. The first-order valence-electron chi connectivity index (χ1n) is 5.74. The van der Waals surface area contributed by atoms with Crippen molar-refractivity contribution in [3.63, 3.8) is 0 Å². The molecule has 0 spiro atoms. The first kappa shape index (κ1) is 15.0. The summed E-state index contributed by atoms with van der Waals surface area (Å²) in [6.45, 7) is 5.70. The number of aryl methyl sites for hydroxylation is 1. The fourth-order valence-electron chi connectivity index (χ4n) is 1.21. The van der Waals surface area contributed by atoms with Crippen LogP contribution in [0.3, 0.4) is 0 Å². The average molecular weight is 272 g/mol. The Morgan fingerprint density at radius 3 is 2.37 bits per heavy atom. The lowest BCUT2D eigenvalue weighted by molar-refractivity contribution is -0.179. The molecule has 0 aromatic carbocycles. The van der Waals surface area contributed by atoms with E-state index in [4.69, 9.17) is 9.47 Å². The van der Waals surface area contributed by atoms with Crippen molar-refractivity contribution in [3.8, 4) is 0 Å². The number of carbonyl (C=O) groups is 2. The number of hydrogen-bond donors (Lipinski definition) is 0.